The molecular formula is C15H20Br2N2O. The third kappa shape index (κ3) is 3.83. The van der Waals surface area contributed by atoms with Crippen molar-refractivity contribution in [1.82, 2.24) is 4.90 Å². The molecule has 0 bridgehead atoms. The fourth-order valence-electron chi connectivity index (χ4n) is 2.37. The van der Waals surface area contributed by atoms with Crippen molar-refractivity contribution in [1.29, 1.82) is 0 Å². The fourth-order valence-corrected chi connectivity index (χ4v) is 2.98. The van der Waals surface area contributed by atoms with Crippen LogP contribution in [0, 0.1) is 5.92 Å². The highest BCUT2D eigenvalue weighted by atomic mass is 79.9. The van der Waals surface area contributed by atoms with Crippen molar-refractivity contribution in [3.63, 3.8) is 0 Å². The second-order valence-electron chi connectivity index (χ2n) is 5.69. The van der Waals surface area contributed by atoms with Crippen LogP contribution < -0.4 is 4.90 Å². The van der Waals surface area contributed by atoms with Gasteiger partial charge in [0.25, 0.3) is 0 Å². The van der Waals surface area contributed by atoms with Gasteiger partial charge in [0.15, 0.2) is 0 Å². The predicted octanol–water partition coefficient (Wildman–Crippen LogP) is 3.90. The summed E-state index contributed by atoms with van der Waals surface area (Å²) in [5, 5.41) is 0. The molecule has 5 heteroatoms. The lowest BCUT2D eigenvalue weighted by molar-refractivity contribution is -0.120. The maximum absolute atomic E-state index is 12.6. The Morgan fingerprint density at radius 1 is 1.30 bits per heavy atom. The molecule has 1 unspecified atom stereocenters. The highest BCUT2D eigenvalue weighted by molar-refractivity contribution is 9.13. The minimum Gasteiger partial charge on any atom is -0.308 e. The van der Waals surface area contributed by atoms with Crippen molar-refractivity contribution in [2.24, 2.45) is 5.92 Å². The molecule has 110 valence electrons. The number of amides is 1. The third-order valence-corrected chi connectivity index (χ3v) is 5.30. The van der Waals surface area contributed by atoms with Gasteiger partial charge in [0, 0.05) is 33.1 Å². The number of hydrogen-bond donors (Lipinski definition) is 0. The number of carbonyl (C=O) groups is 1. The molecule has 0 spiro atoms. The summed E-state index contributed by atoms with van der Waals surface area (Å²) in [5.41, 5.74) is 0.964. The number of carbonyl (C=O) groups excluding carboxylic acids is 1. The lowest BCUT2D eigenvalue weighted by atomic mass is 10.2. The van der Waals surface area contributed by atoms with Crippen LogP contribution in [0.5, 0.6) is 0 Å². The van der Waals surface area contributed by atoms with Crippen LogP contribution in [0.2, 0.25) is 0 Å². The van der Waals surface area contributed by atoms with Crippen LogP contribution in [0.15, 0.2) is 27.1 Å². The van der Waals surface area contributed by atoms with Crippen molar-refractivity contribution in [3.8, 4) is 0 Å². The van der Waals surface area contributed by atoms with E-state index in [2.05, 4.69) is 43.7 Å². The van der Waals surface area contributed by atoms with E-state index in [1.807, 2.05) is 37.2 Å². The zero-order valence-corrected chi connectivity index (χ0v) is 15.2. The molecule has 1 saturated carbocycles. The van der Waals surface area contributed by atoms with E-state index in [-0.39, 0.29) is 17.9 Å². The molecule has 1 aliphatic carbocycles. The van der Waals surface area contributed by atoms with E-state index in [9.17, 15) is 4.79 Å². The summed E-state index contributed by atoms with van der Waals surface area (Å²) in [6, 6.07) is 6.15. The summed E-state index contributed by atoms with van der Waals surface area (Å²) in [5.74, 6) is 0.482. The number of likely N-dealkylation sites (N-methyl/N-ethyl adjacent to an activating group) is 1. The average molecular weight is 404 g/mol. The summed E-state index contributed by atoms with van der Waals surface area (Å²) in [7, 11) is 4.07. The van der Waals surface area contributed by atoms with Crippen LogP contribution in [0.4, 0.5) is 5.69 Å². The van der Waals surface area contributed by atoms with E-state index in [0.717, 1.165) is 34.0 Å². The molecule has 0 heterocycles. The van der Waals surface area contributed by atoms with Gasteiger partial charge in [0.1, 0.15) is 0 Å². The first kappa shape index (κ1) is 16.0. The van der Waals surface area contributed by atoms with Crippen LogP contribution in [0.1, 0.15) is 19.8 Å². The maximum atomic E-state index is 12.6. The summed E-state index contributed by atoms with van der Waals surface area (Å²) in [6.45, 7) is 2.96. The smallest absolute Gasteiger partial charge is 0.230 e. The van der Waals surface area contributed by atoms with E-state index in [0.29, 0.717) is 0 Å². The van der Waals surface area contributed by atoms with Gasteiger partial charge in [-0.1, -0.05) is 0 Å². The Balaban J connectivity index is 2.29. The van der Waals surface area contributed by atoms with Gasteiger partial charge >= 0.3 is 0 Å². The van der Waals surface area contributed by atoms with Crippen LogP contribution >= 0.6 is 31.9 Å². The molecule has 0 aliphatic heterocycles. The van der Waals surface area contributed by atoms with Gasteiger partial charge in [-0.3, -0.25) is 4.79 Å². The zero-order valence-electron chi connectivity index (χ0n) is 12.1. The van der Waals surface area contributed by atoms with Crippen LogP contribution in [-0.2, 0) is 4.79 Å². The van der Waals surface area contributed by atoms with E-state index >= 15 is 0 Å². The highest BCUT2D eigenvalue weighted by Crippen LogP contribution is 2.35. The van der Waals surface area contributed by atoms with E-state index < -0.39 is 0 Å². The minimum absolute atomic E-state index is 0.158. The molecule has 1 aromatic rings. The molecule has 3 nitrogen and oxygen atoms in total. The Bertz CT molecular complexity index is 501. The Kier molecular flexibility index (Phi) is 5.26. The summed E-state index contributed by atoms with van der Waals surface area (Å²) in [6.07, 6.45) is 2.06. The van der Waals surface area contributed by atoms with E-state index in [1.165, 1.54) is 0 Å². The fraction of sp³-hybridized carbons (Fsp3) is 0.533. The van der Waals surface area contributed by atoms with Gasteiger partial charge < -0.3 is 9.80 Å². The standard InChI is InChI=1S/C15H20Br2N2O/c1-10(9-18(2)3)19(15(20)11-4-5-11)12-6-7-13(16)14(17)8-12/h6-8,10-11H,4-5,9H2,1-3H3. The topological polar surface area (TPSA) is 23.6 Å². The lowest BCUT2D eigenvalue weighted by Gasteiger charge is -2.31. The molecule has 0 N–H and O–H groups in total. The highest BCUT2D eigenvalue weighted by Gasteiger charge is 2.36. The SMILES string of the molecule is CC(CN(C)C)N(C(=O)C1CC1)c1ccc(Br)c(Br)c1. The number of rotatable bonds is 5. The van der Waals surface area contributed by atoms with Crippen LogP contribution in [0.25, 0.3) is 0 Å². The third-order valence-electron chi connectivity index (χ3n) is 3.42. The Morgan fingerprint density at radius 2 is 1.95 bits per heavy atom. The van der Waals surface area contributed by atoms with E-state index in [1.54, 1.807) is 0 Å². The van der Waals surface area contributed by atoms with Crippen LogP contribution in [-0.4, -0.2) is 37.5 Å². The normalized spacial score (nSPS) is 16.3. The summed E-state index contributed by atoms with van der Waals surface area (Å²) < 4.78 is 1.97. The number of hydrogen-bond acceptors (Lipinski definition) is 2. The van der Waals surface area contributed by atoms with Crippen molar-refractivity contribution in [2.45, 2.75) is 25.8 Å². The second-order valence-corrected chi connectivity index (χ2v) is 7.40. The molecule has 1 amide bonds. The van der Waals surface area contributed by atoms with Crippen molar-refractivity contribution >= 4 is 43.5 Å². The largest absolute Gasteiger partial charge is 0.308 e. The molecule has 0 radical (unpaired) electrons. The van der Waals surface area contributed by atoms with Gasteiger partial charge in [-0.2, -0.15) is 0 Å². The van der Waals surface area contributed by atoms with Crippen molar-refractivity contribution < 1.29 is 4.79 Å². The first-order valence-corrected chi connectivity index (χ1v) is 8.41. The number of nitrogens with zero attached hydrogens (tertiary/aromatic N) is 2. The van der Waals surface area contributed by atoms with Crippen molar-refractivity contribution in [2.75, 3.05) is 25.5 Å². The summed E-state index contributed by atoms with van der Waals surface area (Å²) >= 11 is 7.00. The molecule has 0 saturated heterocycles. The maximum Gasteiger partial charge on any atom is 0.230 e. The van der Waals surface area contributed by atoms with Crippen molar-refractivity contribution in [3.05, 3.63) is 27.1 Å². The molecule has 2 rings (SSSR count). The van der Waals surface area contributed by atoms with Gasteiger partial charge in [0.05, 0.1) is 0 Å². The number of benzene rings is 1. The Labute approximate surface area is 137 Å². The number of anilines is 1. The minimum atomic E-state index is 0.158. The van der Waals surface area contributed by atoms with Gasteiger partial charge in [-0.15, -0.1) is 0 Å². The molecule has 0 aromatic heterocycles. The molecular weight excluding hydrogens is 384 g/mol. The molecule has 20 heavy (non-hydrogen) atoms. The van der Waals surface area contributed by atoms with E-state index in [4.69, 9.17) is 0 Å². The first-order valence-electron chi connectivity index (χ1n) is 6.83. The monoisotopic (exact) mass is 402 g/mol. The first-order chi connectivity index (χ1) is 9.40. The quantitative estimate of drug-likeness (QED) is 0.744. The van der Waals surface area contributed by atoms with Crippen LogP contribution in [0.3, 0.4) is 0 Å². The molecule has 1 aromatic carbocycles. The zero-order chi connectivity index (χ0) is 14.9. The second kappa shape index (κ2) is 6.58. The molecule has 1 atom stereocenters. The average Bonchev–Trinajstić information content (AvgIpc) is 3.17. The van der Waals surface area contributed by atoms with Gasteiger partial charge in [-0.05, 0) is 83.9 Å². The molecule has 1 aliphatic rings. The summed E-state index contributed by atoms with van der Waals surface area (Å²) in [4.78, 5) is 16.7. The number of halogens is 2. The Morgan fingerprint density at radius 3 is 2.45 bits per heavy atom. The van der Waals surface area contributed by atoms with Gasteiger partial charge in [-0.25, -0.2) is 0 Å². The lowest BCUT2D eigenvalue weighted by Crippen LogP contribution is -2.44. The molecule has 1 fully saturated rings. The Hall–Kier alpha value is -0.390. The predicted molar refractivity (Wildman–Crippen MR) is 90.1 cm³/mol. The van der Waals surface area contributed by atoms with Gasteiger partial charge in [0.2, 0.25) is 5.91 Å².